The maximum atomic E-state index is 13.2. The minimum absolute atomic E-state index is 0.485. The van der Waals surface area contributed by atoms with Crippen LogP contribution in [-0.4, -0.2) is 0 Å². The van der Waals surface area contributed by atoms with Crippen molar-refractivity contribution in [2.75, 3.05) is 0 Å². The van der Waals surface area contributed by atoms with E-state index >= 15 is 0 Å². The van der Waals surface area contributed by atoms with Crippen LogP contribution in [0.5, 0.6) is 0 Å². The molecule has 1 fully saturated rings. The average molecular weight is 352 g/mol. The largest absolute Gasteiger partial charge is 0.204 e. The van der Waals surface area contributed by atoms with Crippen LogP contribution in [0.1, 0.15) is 74.5 Å². The highest BCUT2D eigenvalue weighted by Crippen LogP contribution is 2.37. The van der Waals surface area contributed by atoms with Gasteiger partial charge in [0, 0.05) is 11.1 Å². The van der Waals surface area contributed by atoms with E-state index in [1.54, 1.807) is 0 Å². The van der Waals surface area contributed by atoms with E-state index in [9.17, 15) is 8.78 Å². The Morgan fingerprint density at radius 1 is 0.846 bits per heavy atom. The predicted octanol–water partition coefficient (Wildman–Crippen LogP) is 6.83. The van der Waals surface area contributed by atoms with Crippen molar-refractivity contribution in [3.05, 3.63) is 70.8 Å². The van der Waals surface area contributed by atoms with Gasteiger partial charge in [-0.2, -0.15) is 0 Å². The third-order valence-corrected chi connectivity index (χ3v) is 5.47. The highest BCUT2D eigenvalue weighted by Gasteiger charge is 2.21. The predicted molar refractivity (Wildman–Crippen MR) is 103 cm³/mol. The highest BCUT2D eigenvalue weighted by atomic mass is 19.2. The number of halogens is 2. The normalized spacial score (nSPS) is 19.7. The first kappa shape index (κ1) is 18.6. The zero-order chi connectivity index (χ0) is 18.4. The number of benzene rings is 2. The number of hydrogen-bond donors (Lipinski definition) is 0. The first-order chi connectivity index (χ1) is 12.7. The summed E-state index contributed by atoms with van der Waals surface area (Å²) in [6.07, 6.45) is 9.32. The van der Waals surface area contributed by atoms with Crippen LogP contribution in [0.25, 0.3) is 0 Å². The Labute approximate surface area is 155 Å². The summed E-state index contributed by atoms with van der Waals surface area (Å²) in [6.45, 7) is 2.27. The fraction of sp³-hybridized carbons (Fsp3) is 0.417. The molecule has 0 aliphatic heterocycles. The zero-order valence-electron chi connectivity index (χ0n) is 15.4. The molecule has 0 spiro atoms. The Morgan fingerprint density at radius 3 is 2.15 bits per heavy atom. The fourth-order valence-electron chi connectivity index (χ4n) is 3.83. The van der Waals surface area contributed by atoms with Crippen molar-refractivity contribution in [3.8, 4) is 11.8 Å². The second kappa shape index (κ2) is 8.99. The Bertz CT molecular complexity index is 772. The summed E-state index contributed by atoms with van der Waals surface area (Å²) in [5.74, 6) is 5.81. The van der Waals surface area contributed by atoms with Crippen LogP contribution < -0.4 is 0 Å². The molecule has 0 radical (unpaired) electrons. The first-order valence-electron chi connectivity index (χ1n) is 9.72. The minimum Gasteiger partial charge on any atom is -0.204 e. The van der Waals surface area contributed by atoms with Gasteiger partial charge in [-0.1, -0.05) is 50.2 Å². The average Bonchev–Trinajstić information content (AvgIpc) is 2.68. The summed E-state index contributed by atoms with van der Waals surface area (Å²) in [7, 11) is 0. The summed E-state index contributed by atoms with van der Waals surface area (Å²) >= 11 is 0. The highest BCUT2D eigenvalue weighted by molar-refractivity contribution is 5.44. The van der Waals surface area contributed by atoms with Gasteiger partial charge in [0.05, 0.1) is 0 Å². The topological polar surface area (TPSA) is 0 Å². The van der Waals surface area contributed by atoms with E-state index < -0.39 is 11.6 Å². The summed E-state index contributed by atoms with van der Waals surface area (Å²) in [4.78, 5) is 0. The molecule has 2 aromatic rings. The molecule has 136 valence electrons. The third kappa shape index (κ3) is 4.94. The van der Waals surface area contributed by atoms with Gasteiger partial charge in [-0.25, -0.2) is 8.78 Å². The SMILES string of the molecule is CCCC[C@H]1CC[C@H](c2ccc(C#Cc3ccc(F)c(F)c3)cc2)CC1. The molecule has 2 aromatic carbocycles. The van der Waals surface area contributed by atoms with Crippen molar-refractivity contribution in [1.82, 2.24) is 0 Å². The lowest BCUT2D eigenvalue weighted by molar-refractivity contribution is 0.304. The Balaban J connectivity index is 1.59. The van der Waals surface area contributed by atoms with Gasteiger partial charge < -0.3 is 0 Å². The molecule has 3 rings (SSSR count). The van der Waals surface area contributed by atoms with Crippen LogP contribution >= 0.6 is 0 Å². The first-order valence-corrected chi connectivity index (χ1v) is 9.72. The molecule has 26 heavy (non-hydrogen) atoms. The van der Waals surface area contributed by atoms with E-state index in [-0.39, 0.29) is 0 Å². The third-order valence-electron chi connectivity index (χ3n) is 5.47. The number of unbranched alkanes of at least 4 members (excludes halogenated alkanes) is 1. The maximum Gasteiger partial charge on any atom is 0.160 e. The van der Waals surface area contributed by atoms with E-state index in [2.05, 4.69) is 30.9 Å². The van der Waals surface area contributed by atoms with E-state index in [1.807, 2.05) is 12.1 Å². The van der Waals surface area contributed by atoms with Crippen molar-refractivity contribution in [3.63, 3.8) is 0 Å². The smallest absolute Gasteiger partial charge is 0.160 e. The summed E-state index contributed by atoms with van der Waals surface area (Å²) < 4.78 is 26.2. The molecule has 0 bridgehead atoms. The molecular weight excluding hydrogens is 326 g/mol. The lowest BCUT2D eigenvalue weighted by Gasteiger charge is -2.28. The van der Waals surface area contributed by atoms with Gasteiger partial charge in [-0.15, -0.1) is 0 Å². The lowest BCUT2D eigenvalue weighted by Crippen LogP contribution is -2.13. The van der Waals surface area contributed by atoms with Crippen molar-refractivity contribution in [1.29, 1.82) is 0 Å². The molecule has 0 N–H and O–H groups in total. The van der Waals surface area contributed by atoms with Gasteiger partial charge in [-0.3, -0.25) is 0 Å². The van der Waals surface area contributed by atoms with Gasteiger partial charge in [0.15, 0.2) is 11.6 Å². The van der Waals surface area contributed by atoms with Crippen molar-refractivity contribution < 1.29 is 8.78 Å². The molecule has 1 aliphatic carbocycles. The summed E-state index contributed by atoms with van der Waals surface area (Å²) in [5, 5.41) is 0. The quantitative estimate of drug-likeness (QED) is 0.529. The molecule has 0 atom stereocenters. The van der Waals surface area contributed by atoms with Gasteiger partial charge >= 0.3 is 0 Å². The standard InChI is InChI=1S/C24H26F2/c1-2-3-4-18-7-12-21(13-8-18)22-14-9-19(10-15-22)5-6-20-11-16-23(25)24(26)17-20/h9-11,14-18,21H,2-4,7-8,12-13H2,1H3/t18-,21-. The molecular formula is C24H26F2. The van der Waals surface area contributed by atoms with Gasteiger partial charge in [0.25, 0.3) is 0 Å². The summed E-state index contributed by atoms with van der Waals surface area (Å²) in [5.41, 5.74) is 2.78. The van der Waals surface area contributed by atoms with Gasteiger partial charge in [0.2, 0.25) is 0 Å². The molecule has 0 nitrogen and oxygen atoms in total. The number of hydrogen-bond acceptors (Lipinski definition) is 0. The fourth-order valence-corrected chi connectivity index (χ4v) is 3.83. The second-order valence-electron chi connectivity index (χ2n) is 7.36. The molecule has 0 heterocycles. The second-order valence-corrected chi connectivity index (χ2v) is 7.36. The number of rotatable bonds is 4. The Hall–Kier alpha value is -2.14. The van der Waals surface area contributed by atoms with E-state index in [0.29, 0.717) is 11.5 Å². The molecule has 0 amide bonds. The minimum atomic E-state index is -0.860. The molecule has 1 saturated carbocycles. The summed E-state index contributed by atoms with van der Waals surface area (Å²) in [6, 6.07) is 12.2. The molecule has 1 aliphatic rings. The van der Waals surface area contributed by atoms with Gasteiger partial charge in [0.1, 0.15) is 0 Å². The maximum absolute atomic E-state index is 13.2. The lowest BCUT2D eigenvalue weighted by atomic mass is 9.77. The Morgan fingerprint density at radius 2 is 1.50 bits per heavy atom. The van der Waals surface area contributed by atoms with Crippen LogP contribution in [0.15, 0.2) is 42.5 Å². The van der Waals surface area contributed by atoms with Crippen LogP contribution in [0.3, 0.4) is 0 Å². The van der Waals surface area contributed by atoms with E-state index in [4.69, 9.17) is 0 Å². The van der Waals surface area contributed by atoms with Crippen molar-refractivity contribution >= 4 is 0 Å². The molecule has 2 heteroatoms. The van der Waals surface area contributed by atoms with E-state index in [1.165, 1.54) is 56.6 Å². The zero-order valence-corrected chi connectivity index (χ0v) is 15.4. The Kier molecular flexibility index (Phi) is 6.45. The van der Waals surface area contributed by atoms with Crippen LogP contribution in [0.4, 0.5) is 8.78 Å². The van der Waals surface area contributed by atoms with Gasteiger partial charge in [-0.05, 0) is 73.4 Å². The van der Waals surface area contributed by atoms with Crippen LogP contribution in [0.2, 0.25) is 0 Å². The molecule has 0 aromatic heterocycles. The van der Waals surface area contributed by atoms with E-state index in [0.717, 1.165) is 23.6 Å². The van der Waals surface area contributed by atoms with Crippen molar-refractivity contribution in [2.45, 2.75) is 57.8 Å². The van der Waals surface area contributed by atoms with Crippen LogP contribution in [0, 0.1) is 29.4 Å². The molecule has 0 unspecified atom stereocenters. The molecule has 0 saturated heterocycles. The van der Waals surface area contributed by atoms with Crippen LogP contribution in [-0.2, 0) is 0 Å². The monoisotopic (exact) mass is 352 g/mol. The van der Waals surface area contributed by atoms with Crippen molar-refractivity contribution in [2.24, 2.45) is 5.92 Å².